The second kappa shape index (κ2) is 5.85. The van der Waals surface area contributed by atoms with Crippen molar-refractivity contribution in [2.24, 2.45) is 5.92 Å². The van der Waals surface area contributed by atoms with Crippen LogP contribution in [0.2, 0.25) is 5.02 Å². The maximum Gasteiger partial charge on any atom is 0.235 e. The maximum atomic E-state index is 6.17. The molecule has 5 heteroatoms. The molecule has 2 atom stereocenters. The highest BCUT2D eigenvalue weighted by molar-refractivity contribution is 6.30. The number of nitrogens with one attached hydrogen (secondary N) is 1. The van der Waals surface area contributed by atoms with Gasteiger partial charge in [-0.1, -0.05) is 11.6 Å². The third-order valence-electron chi connectivity index (χ3n) is 3.61. The summed E-state index contributed by atoms with van der Waals surface area (Å²) in [5, 5.41) is 4.07. The second-order valence-electron chi connectivity index (χ2n) is 5.07. The average molecular weight is 293 g/mol. The van der Waals surface area contributed by atoms with Crippen LogP contribution in [0.4, 0.5) is 0 Å². The van der Waals surface area contributed by atoms with Gasteiger partial charge in [-0.05, 0) is 43.7 Å². The number of halogens is 1. The summed E-state index contributed by atoms with van der Waals surface area (Å²) < 4.78 is 11.6. The Morgan fingerprint density at radius 1 is 1.50 bits per heavy atom. The third kappa shape index (κ3) is 2.81. The molecule has 2 heterocycles. The molecule has 0 spiro atoms. The van der Waals surface area contributed by atoms with Crippen molar-refractivity contribution in [2.75, 3.05) is 13.1 Å². The molecular formula is C15H17ClN2O2. The molecule has 4 nitrogen and oxygen atoms in total. The van der Waals surface area contributed by atoms with Crippen LogP contribution in [-0.2, 0) is 0 Å². The lowest BCUT2D eigenvalue weighted by Crippen LogP contribution is -2.22. The molecule has 106 valence electrons. The first kappa shape index (κ1) is 13.5. The van der Waals surface area contributed by atoms with Crippen molar-refractivity contribution in [1.82, 2.24) is 10.3 Å². The molecule has 0 aliphatic carbocycles. The van der Waals surface area contributed by atoms with E-state index in [1.807, 2.05) is 25.1 Å². The zero-order valence-electron chi connectivity index (χ0n) is 11.3. The summed E-state index contributed by atoms with van der Waals surface area (Å²) in [6, 6.07) is 5.63. The lowest BCUT2D eigenvalue weighted by Gasteiger charge is -2.22. The van der Waals surface area contributed by atoms with Gasteiger partial charge >= 0.3 is 0 Å². The van der Waals surface area contributed by atoms with E-state index < -0.39 is 0 Å². The van der Waals surface area contributed by atoms with E-state index in [2.05, 4.69) is 10.3 Å². The fourth-order valence-electron chi connectivity index (χ4n) is 2.54. The molecule has 1 aromatic heterocycles. The minimum atomic E-state index is -0.167. The Hall–Kier alpha value is -1.52. The molecular weight excluding hydrogens is 276 g/mol. The monoisotopic (exact) mass is 292 g/mol. The predicted octanol–water partition coefficient (Wildman–Crippen LogP) is 3.37. The summed E-state index contributed by atoms with van der Waals surface area (Å²) in [7, 11) is 0. The number of aromatic nitrogens is 1. The number of aryl methyl sites for hydroxylation is 1. The summed E-state index contributed by atoms with van der Waals surface area (Å²) in [4.78, 5) is 4.26. The Balaban J connectivity index is 1.86. The highest BCUT2D eigenvalue weighted by Crippen LogP contribution is 2.33. The van der Waals surface area contributed by atoms with Gasteiger partial charge in [0.05, 0.1) is 6.20 Å². The lowest BCUT2D eigenvalue weighted by molar-refractivity contribution is 0.113. The van der Waals surface area contributed by atoms with Gasteiger partial charge in [-0.25, -0.2) is 4.98 Å². The molecule has 3 rings (SSSR count). The van der Waals surface area contributed by atoms with E-state index >= 15 is 0 Å². The quantitative estimate of drug-likeness (QED) is 0.938. The zero-order chi connectivity index (χ0) is 13.9. The molecule has 1 unspecified atom stereocenters. The van der Waals surface area contributed by atoms with Crippen LogP contribution in [0, 0.1) is 12.8 Å². The van der Waals surface area contributed by atoms with Gasteiger partial charge < -0.3 is 14.5 Å². The van der Waals surface area contributed by atoms with E-state index in [0.717, 1.165) is 30.8 Å². The number of hydrogen-bond acceptors (Lipinski definition) is 4. The van der Waals surface area contributed by atoms with Gasteiger partial charge in [-0.3, -0.25) is 0 Å². The van der Waals surface area contributed by atoms with E-state index in [0.29, 0.717) is 16.8 Å². The van der Waals surface area contributed by atoms with Crippen molar-refractivity contribution in [3.63, 3.8) is 0 Å². The largest absolute Gasteiger partial charge is 0.480 e. The molecule has 0 bridgehead atoms. The van der Waals surface area contributed by atoms with E-state index in [1.54, 1.807) is 12.5 Å². The van der Waals surface area contributed by atoms with Crippen LogP contribution in [0.15, 0.2) is 35.1 Å². The molecule has 1 aliphatic heterocycles. The van der Waals surface area contributed by atoms with Crippen molar-refractivity contribution in [1.29, 1.82) is 0 Å². The summed E-state index contributed by atoms with van der Waals surface area (Å²) >= 11 is 5.98. The molecule has 1 fully saturated rings. The van der Waals surface area contributed by atoms with Crippen molar-refractivity contribution < 1.29 is 9.15 Å². The van der Waals surface area contributed by atoms with E-state index in [-0.39, 0.29) is 6.10 Å². The first-order valence-corrected chi connectivity index (χ1v) is 7.15. The van der Waals surface area contributed by atoms with E-state index in [9.17, 15) is 0 Å². The number of oxazole rings is 1. The van der Waals surface area contributed by atoms with Crippen LogP contribution in [0.5, 0.6) is 5.75 Å². The minimum Gasteiger partial charge on any atom is -0.480 e. The van der Waals surface area contributed by atoms with Crippen LogP contribution in [0.3, 0.4) is 0 Å². The van der Waals surface area contributed by atoms with Crippen LogP contribution in [-0.4, -0.2) is 18.1 Å². The Labute approximate surface area is 123 Å². The lowest BCUT2D eigenvalue weighted by atomic mass is 10.0. The Morgan fingerprint density at radius 3 is 3.05 bits per heavy atom. The minimum absolute atomic E-state index is 0.167. The number of ether oxygens (including phenoxy) is 1. The van der Waals surface area contributed by atoms with Crippen molar-refractivity contribution in [3.8, 4) is 5.75 Å². The number of rotatable bonds is 4. The van der Waals surface area contributed by atoms with Crippen LogP contribution < -0.4 is 10.1 Å². The maximum absolute atomic E-state index is 6.17. The first-order chi connectivity index (χ1) is 9.74. The molecule has 0 saturated carbocycles. The summed E-state index contributed by atoms with van der Waals surface area (Å²) in [5.74, 6) is 1.82. The standard InChI is InChI=1S/C15H17ClN2O2/c1-10-8-12(16)2-3-13(10)20-14(11-4-5-17-9-11)15-18-6-7-19-15/h2-3,6-8,11,14,17H,4-5,9H2,1H3/t11?,14-/m0/s1. The van der Waals surface area contributed by atoms with Crippen molar-refractivity contribution in [3.05, 3.63) is 47.1 Å². The highest BCUT2D eigenvalue weighted by Gasteiger charge is 2.31. The number of nitrogens with zero attached hydrogens (tertiary/aromatic N) is 1. The van der Waals surface area contributed by atoms with Crippen LogP contribution in [0.25, 0.3) is 0 Å². The van der Waals surface area contributed by atoms with Gasteiger partial charge in [0.2, 0.25) is 5.89 Å². The van der Waals surface area contributed by atoms with Crippen molar-refractivity contribution >= 4 is 11.6 Å². The van der Waals surface area contributed by atoms with Gasteiger partial charge in [-0.2, -0.15) is 0 Å². The molecule has 2 aromatic rings. The topological polar surface area (TPSA) is 47.3 Å². The van der Waals surface area contributed by atoms with E-state index in [1.165, 1.54) is 0 Å². The highest BCUT2D eigenvalue weighted by atomic mass is 35.5. The molecule has 1 aromatic carbocycles. The van der Waals surface area contributed by atoms with Gasteiger partial charge in [0.1, 0.15) is 12.0 Å². The third-order valence-corrected chi connectivity index (χ3v) is 3.85. The molecule has 1 aliphatic rings. The molecule has 0 radical (unpaired) electrons. The Kier molecular flexibility index (Phi) is 3.94. The fraction of sp³-hybridized carbons (Fsp3) is 0.400. The van der Waals surface area contributed by atoms with Gasteiger partial charge in [-0.15, -0.1) is 0 Å². The zero-order valence-corrected chi connectivity index (χ0v) is 12.1. The summed E-state index contributed by atoms with van der Waals surface area (Å²) in [5.41, 5.74) is 1.01. The molecule has 1 saturated heterocycles. The summed E-state index contributed by atoms with van der Waals surface area (Å²) in [6.07, 6.45) is 4.13. The normalized spacial score (nSPS) is 20.0. The van der Waals surface area contributed by atoms with Gasteiger partial charge in [0.15, 0.2) is 6.10 Å². The predicted molar refractivity (Wildman–Crippen MR) is 77.0 cm³/mol. The van der Waals surface area contributed by atoms with Gasteiger partial charge in [0.25, 0.3) is 0 Å². The smallest absolute Gasteiger partial charge is 0.235 e. The Bertz CT molecular complexity index is 565. The van der Waals surface area contributed by atoms with Gasteiger partial charge in [0, 0.05) is 17.5 Å². The summed E-state index contributed by atoms with van der Waals surface area (Å²) in [6.45, 7) is 3.91. The average Bonchev–Trinajstić information content (AvgIpc) is 3.11. The Morgan fingerprint density at radius 2 is 2.40 bits per heavy atom. The van der Waals surface area contributed by atoms with E-state index in [4.69, 9.17) is 20.8 Å². The van der Waals surface area contributed by atoms with Crippen molar-refractivity contribution in [2.45, 2.75) is 19.4 Å². The molecule has 1 N–H and O–H groups in total. The second-order valence-corrected chi connectivity index (χ2v) is 5.51. The van der Waals surface area contributed by atoms with Crippen LogP contribution >= 0.6 is 11.6 Å². The number of hydrogen-bond donors (Lipinski definition) is 1. The first-order valence-electron chi connectivity index (χ1n) is 6.77. The molecule has 0 amide bonds. The molecule has 20 heavy (non-hydrogen) atoms. The van der Waals surface area contributed by atoms with Crippen LogP contribution in [0.1, 0.15) is 24.0 Å². The fourth-order valence-corrected chi connectivity index (χ4v) is 2.77. The number of benzene rings is 1. The SMILES string of the molecule is Cc1cc(Cl)ccc1O[C@H](c1ncco1)C1CCNC1.